The predicted molar refractivity (Wildman–Crippen MR) is 89.3 cm³/mol. The highest BCUT2D eigenvalue weighted by Gasteiger charge is 2.33. The molecule has 0 unspecified atom stereocenters. The number of benzene rings is 1. The van der Waals surface area contributed by atoms with E-state index in [2.05, 4.69) is 10.1 Å². The lowest BCUT2D eigenvalue weighted by Crippen LogP contribution is -2.35. The highest BCUT2D eigenvalue weighted by atomic mass is 16.5. The number of esters is 1. The number of hydrogen-bond acceptors (Lipinski definition) is 6. The van der Waals surface area contributed by atoms with Gasteiger partial charge < -0.3 is 15.0 Å². The Morgan fingerprint density at radius 1 is 1.33 bits per heavy atom. The van der Waals surface area contributed by atoms with Crippen LogP contribution >= 0.6 is 0 Å². The monoisotopic (exact) mass is 329 g/mol. The lowest BCUT2D eigenvalue weighted by molar-refractivity contribution is 0.0601. The quantitative estimate of drug-likeness (QED) is 0.848. The van der Waals surface area contributed by atoms with Crippen molar-refractivity contribution in [1.82, 2.24) is 10.1 Å². The van der Waals surface area contributed by atoms with Crippen LogP contribution in [-0.2, 0) is 11.2 Å². The number of nitrogens with two attached hydrogens (primary N) is 1. The van der Waals surface area contributed by atoms with E-state index in [1.165, 1.54) is 26.4 Å². The van der Waals surface area contributed by atoms with Crippen molar-refractivity contribution in [3.8, 4) is 11.4 Å². The number of aromatic nitrogens is 2. The molecule has 1 aliphatic rings. The van der Waals surface area contributed by atoms with Crippen LogP contribution < -0.4 is 5.73 Å². The molecule has 3 rings (SSSR count). The molecule has 0 radical (unpaired) electrons. The summed E-state index contributed by atoms with van der Waals surface area (Å²) in [7, 11) is 1.36. The van der Waals surface area contributed by atoms with Crippen molar-refractivity contribution in [2.75, 3.05) is 13.7 Å². The summed E-state index contributed by atoms with van der Waals surface area (Å²) in [5.74, 6) is 0.712. The van der Waals surface area contributed by atoms with Gasteiger partial charge in [0.05, 0.1) is 12.7 Å². The highest BCUT2D eigenvalue weighted by molar-refractivity contribution is 5.90. The van der Waals surface area contributed by atoms with Gasteiger partial charge in [0.1, 0.15) is 0 Å². The van der Waals surface area contributed by atoms with Crippen LogP contribution in [0.4, 0.5) is 0 Å². The smallest absolute Gasteiger partial charge is 0.337 e. The Kier molecular flexibility index (Phi) is 4.94. The molecule has 128 valence electrons. The Labute approximate surface area is 141 Å². The van der Waals surface area contributed by atoms with E-state index in [-0.39, 0.29) is 11.4 Å². The first-order valence-electron chi connectivity index (χ1n) is 8.37. The Bertz CT molecular complexity index is 705. The van der Waals surface area contributed by atoms with E-state index in [4.69, 9.17) is 15.0 Å². The normalized spacial score (nSPS) is 16.8. The highest BCUT2D eigenvalue weighted by Crippen LogP contribution is 2.38. The molecule has 1 saturated carbocycles. The summed E-state index contributed by atoms with van der Waals surface area (Å²) < 4.78 is 10.2. The molecule has 1 aromatic heterocycles. The van der Waals surface area contributed by atoms with Crippen LogP contribution in [0.3, 0.4) is 0 Å². The van der Waals surface area contributed by atoms with Gasteiger partial charge in [0.15, 0.2) is 0 Å². The van der Waals surface area contributed by atoms with Gasteiger partial charge in [0.2, 0.25) is 11.7 Å². The first-order valence-corrected chi connectivity index (χ1v) is 8.37. The zero-order valence-electron chi connectivity index (χ0n) is 14.0. The van der Waals surface area contributed by atoms with Gasteiger partial charge >= 0.3 is 5.97 Å². The summed E-state index contributed by atoms with van der Waals surface area (Å²) in [5, 5.41) is 4.06. The van der Waals surface area contributed by atoms with E-state index < -0.39 is 0 Å². The van der Waals surface area contributed by atoms with Crippen LogP contribution in [0.2, 0.25) is 0 Å². The predicted octanol–water partition coefficient (Wildman–Crippen LogP) is 2.97. The molecule has 6 nitrogen and oxygen atoms in total. The van der Waals surface area contributed by atoms with Crippen LogP contribution in [0.5, 0.6) is 0 Å². The Hall–Kier alpha value is -2.21. The molecule has 2 N–H and O–H groups in total. The van der Waals surface area contributed by atoms with Crippen LogP contribution in [0, 0.1) is 5.41 Å². The molecule has 0 amide bonds. The summed E-state index contributed by atoms with van der Waals surface area (Å²) in [4.78, 5) is 16.2. The SMILES string of the molecule is COC(=O)c1cccc(-c2noc(CC3(CN)CCCCC3)n2)c1. The Morgan fingerprint density at radius 3 is 2.83 bits per heavy atom. The van der Waals surface area contributed by atoms with Crippen LogP contribution in [0.1, 0.15) is 48.4 Å². The second-order valence-electron chi connectivity index (χ2n) is 6.53. The third-order valence-corrected chi connectivity index (χ3v) is 4.88. The van der Waals surface area contributed by atoms with Gasteiger partial charge in [-0.25, -0.2) is 4.79 Å². The van der Waals surface area contributed by atoms with E-state index in [1.807, 2.05) is 6.07 Å². The Morgan fingerprint density at radius 2 is 2.12 bits per heavy atom. The minimum atomic E-state index is -0.384. The number of ether oxygens (including phenoxy) is 1. The second kappa shape index (κ2) is 7.13. The number of carbonyl (C=O) groups excluding carboxylic acids is 1. The third kappa shape index (κ3) is 3.48. The number of carbonyl (C=O) groups is 1. The maximum absolute atomic E-state index is 11.6. The fourth-order valence-electron chi connectivity index (χ4n) is 3.42. The topological polar surface area (TPSA) is 91.2 Å². The standard InChI is InChI=1S/C18H23N3O3/c1-23-17(22)14-7-5-6-13(10-14)16-20-15(24-21-16)11-18(12-19)8-3-2-4-9-18/h5-7,10H,2-4,8-9,11-12,19H2,1H3. The van der Waals surface area contributed by atoms with Gasteiger partial charge in [-0.3, -0.25) is 0 Å². The summed E-state index contributed by atoms with van der Waals surface area (Å²) >= 11 is 0. The molecule has 1 heterocycles. The van der Waals surface area contributed by atoms with Gasteiger partial charge in [0, 0.05) is 12.0 Å². The molecule has 0 atom stereocenters. The first kappa shape index (κ1) is 16.6. The van der Waals surface area contributed by atoms with E-state index >= 15 is 0 Å². The summed E-state index contributed by atoms with van der Waals surface area (Å²) in [6, 6.07) is 7.03. The van der Waals surface area contributed by atoms with Gasteiger partial charge in [0.25, 0.3) is 0 Å². The fourth-order valence-corrected chi connectivity index (χ4v) is 3.42. The van der Waals surface area contributed by atoms with E-state index in [9.17, 15) is 4.79 Å². The number of hydrogen-bond donors (Lipinski definition) is 1. The summed E-state index contributed by atoms with van der Waals surface area (Å²) in [5.41, 5.74) is 7.31. The molecule has 1 fully saturated rings. The zero-order chi connectivity index (χ0) is 17.0. The zero-order valence-corrected chi connectivity index (χ0v) is 14.0. The summed E-state index contributed by atoms with van der Waals surface area (Å²) in [6.07, 6.45) is 6.63. The lowest BCUT2D eigenvalue weighted by Gasteiger charge is -2.34. The minimum absolute atomic E-state index is 0.0793. The second-order valence-corrected chi connectivity index (χ2v) is 6.53. The van der Waals surface area contributed by atoms with Crippen molar-refractivity contribution in [3.05, 3.63) is 35.7 Å². The van der Waals surface area contributed by atoms with Gasteiger partial charge in [-0.2, -0.15) is 4.98 Å². The molecular weight excluding hydrogens is 306 g/mol. The van der Waals surface area contributed by atoms with E-state index in [0.29, 0.717) is 30.2 Å². The molecule has 24 heavy (non-hydrogen) atoms. The number of rotatable bonds is 5. The average molecular weight is 329 g/mol. The average Bonchev–Trinajstić information content (AvgIpc) is 3.10. The van der Waals surface area contributed by atoms with Crippen molar-refractivity contribution in [2.45, 2.75) is 38.5 Å². The molecule has 2 aromatic rings. The first-order chi connectivity index (χ1) is 11.7. The van der Waals surface area contributed by atoms with Crippen molar-refractivity contribution in [3.63, 3.8) is 0 Å². The lowest BCUT2D eigenvalue weighted by atomic mass is 9.72. The number of nitrogens with zero attached hydrogens (tertiary/aromatic N) is 2. The molecule has 6 heteroatoms. The van der Waals surface area contributed by atoms with Crippen LogP contribution in [-0.4, -0.2) is 29.8 Å². The molecule has 0 saturated heterocycles. The van der Waals surface area contributed by atoms with Gasteiger partial charge in [-0.05, 0) is 36.9 Å². The maximum atomic E-state index is 11.6. The van der Waals surface area contributed by atoms with Crippen LogP contribution in [0.25, 0.3) is 11.4 Å². The maximum Gasteiger partial charge on any atom is 0.337 e. The van der Waals surface area contributed by atoms with Crippen molar-refractivity contribution >= 4 is 5.97 Å². The molecular formula is C18H23N3O3. The molecule has 0 aliphatic heterocycles. The van der Waals surface area contributed by atoms with Crippen molar-refractivity contribution < 1.29 is 14.1 Å². The summed E-state index contributed by atoms with van der Waals surface area (Å²) in [6.45, 7) is 0.641. The van der Waals surface area contributed by atoms with E-state index in [1.54, 1.807) is 18.2 Å². The van der Waals surface area contributed by atoms with Gasteiger partial charge in [-0.1, -0.05) is 36.6 Å². The van der Waals surface area contributed by atoms with E-state index in [0.717, 1.165) is 18.4 Å². The molecule has 1 aromatic carbocycles. The van der Waals surface area contributed by atoms with Gasteiger partial charge in [-0.15, -0.1) is 0 Å². The van der Waals surface area contributed by atoms with Crippen molar-refractivity contribution in [1.29, 1.82) is 0 Å². The third-order valence-electron chi connectivity index (χ3n) is 4.88. The molecule has 0 spiro atoms. The molecule has 0 bridgehead atoms. The minimum Gasteiger partial charge on any atom is -0.465 e. The van der Waals surface area contributed by atoms with Crippen LogP contribution in [0.15, 0.2) is 28.8 Å². The van der Waals surface area contributed by atoms with Crippen molar-refractivity contribution in [2.24, 2.45) is 11.1 Å². The fraction of sp³-hybridized carbons (Fsp3) is 0.500. The largest absolute Gasteiger partial charge is 0.465 e. The Balaban J connectivity index is 1.79. The molecule has 1 aliphatic carbocycles. The number of methoxy groups -OCH3 is 1.